The van der Waals surface area contributed by atoms with Crippen molar-refractivity contribution in [3.63, 3.8) is 0 Å². The van der Waals surface area contributed by atoms with E-state index in [0.29, 0.717) is 24.5 Å². The molecule has 0 bridgehead atoms. The van der Waals surface area contributed by atoms with Crippen molar-refractivity contribution >= 4 is 17.2 Å². The van der Waals surface area contributed by atoms with Gasteiger partial charge in [0.05, 0.1) is 24.0 Å². The number of halogens is 1. The Hall–Kier alpha value is -2.74. The minimum atomic E-state index is -0.912. The smallest absolute Gasteiger partial charge is 0.131 e. The summed E-state index contributed by atoms with van der Waals surface area (Å²) >= 11 is 6.09. The average molecular weight is 549 g/mol. The molecule has 1 saturated heterocycles. The van der Waals surface area contributed by atoms with E-state index in [1.165, 1.54) is 0 Å². The number of fused-ring (bicyclic) bond motifs is 2. The zero-order valence-corrected chi connectivity index (χ0v) is 23.4. The van der Waals surface area contributed by atoms with Crippen molar-refractivity contribution in [2.75, 3.05) is 26.2 Å². The molecule has 2 atom stereocenters. The SMILES string of the molecule is CC1(C)CN(CC/C=C2/c3cc(CC(O)CO)ccc3OCc3ncccc32)CC[C@]1(O)c1ccc(Cl)cc1. The second-order valence-electron chi connectivity index (χ2n) is 11.3. The lowest BCUT2D eigenvalue weighted by molar-refractivity contribution is -0.125. The largest absolute Gasteiger partial charge is 0.487 e. The quantitative estimate of drug-likeness (QED) is 0.387. The van der Waals surface area contributed by atoms with Crippen LogP contribution in [-0.4, -0.2) is 57.5 Å². The van der Waals surface area contributed by atoms with E-state index in [4.69, 9.17) is 16.3 Å². The highest BCUT2D eigenvalue weighted by Gasteiger charge is 2.48. The van der Waals surface area contributed by atoms with Crippen molar-refractivity contribution in [1.82, 2.24) is 9.88 Å². The summed E-state index contributed by atoms with van der Waals surface area (Å²) in [6.07, 6.45) is 5.09. The van der Waals surface area contributed by atoms with Gasteiger partial charge in [-0.1, -0.05) is 55.8 Å². The maximum atomic E-state index is 11.7. The maximum Gasteiger partial charge on any atom is 0.131 e. The van der Waals surface area contributed by atoms with Crippen LogP contribution < -0.4 is 4.74 Å². The standard InChI is InChI=1S/C32H37ClN2O4/c1-31(2)21-35(16-13-32(31,38)23-8-10-24(33)11-9-23)15-4-6-26-27-5-3-14-34-29(27)20-39-30-12-7-22(18-28(26)30)17-25(37)19-36/h3,5-12,14,18,25,36-38H,4,13,15-17,19-21H2,1-2H3/b26-6+/t25?,32-/m0/s1. The van der Waals surface area contributed by atoms with E-state index in [2.05, 4.69) is 41.9 Å². The molecule has 5 rings (SSSR count). The van der Waals surface area contributed by atoms with Crippen molar-refractivity contribution in [2.24, 2.45) is 5.41 Å². The third-order valence-electron chi connectivity index (χ3n) is 8.20. The molecule has 206 valence electrons. The van der Waals surface area contributed by atoms with Crippen LogP contribution in [0.2, 0.25) is 5.02 Å². The molecule has 3 N–H and O–H groups in total. The van der Waals surface area contributed by atoms with Crippen molar-refractivity contribution in [3.05, 3.63) is 99.8 Å². The van der Waals surface area contributed by atoms with Crippen molar-refractivity contribution in [3.8, 4) is 5.75 Å². The Morgan fingerprint density at radius 2 is 1.92 bits per heavy atom. The van der Waals surface area contributed by atoms with E-state index in [9.17, 15) is 15.3 Å². The molecule has 2 aliphatic rings. The molecule has 3 aromatic rings. The second-order valence-corrected chi connectivity index (χ2v) is 11.8. The Labute approximate surface area is 235 Å². The summed E-state index contributed by atoms with van der Waals surface area (Å²) in [5, 5.41) is 31.7. The first kappa shape index (κ1) is 27.8. The van der Waals surface area contributed by atoms with Gasteiger partial charge in [-0.25, -0.2) is 0 Å². The van der Waals surface area contributed by atoms with Gasteiger partial charge in [0.1, 0.15) is 12.4 Å². The molecule has 2 aromatic carbocycles. The fourth-order valence-electron chi connectivity index (χ4n) is 5.96. The van der Waals surface area contributed by atoms with Gasteiger partial charge in [0.2, 0.25) is 0 Å². The number of aromatic nitrogens is 1. The van der Waals surface area contributed by atoms with Gasteiger partial charge < -0.3 is 25.0 Å². The first-order valence-corrected chi connectivity index (χ1v) is 14.0. The molecule has 7 heteroatoms. The zero-order valence-electron chi connectivity index (χ0n) is 22.6. The molecule has 0 spiro atoms. The van der Waals surface area contributed by atoms with Crippen LogP contribution in [0.5, 0.6) is 5.75 Å². The van der Waals surface area contributed by atoms with Crippen molar-refractivity contribution in [1.29, 1.82) is 0 Å². The lowest BCUT2D eigenvalue weighted by atomic mass is 9.66. The highest BCUT2D eigenvalue weighted by Crippen LogP contribution is 2.46. The molecule has 1 fully saturated rings. The van der Waals surface area contributed by atoms with Crippen LogP contribution in [0, 0.1) is 5.41 Å². The number of rotatable bonds is 7. The molecule has 0 saturated carbocycles. The molecule has 0 radical (unpaired) electrons. The molecular weight excluding hydrogens is 512 g/mol. The number of hydrogen-bond acceptors (Lipinski definition) is 6. The van der Waals surface area contributed by atoms with Crippen LogP contribution in [0.1, 0.15) is 54.6 Å². The minimum absolute atomic E-state index is 0.275. The van der Waals surface area contributed by atoms with Gasteiger partial charge in [-0.05, 0) is 59.9 Å². The molecule has 1 unspecified atom stereocenters. The normalized spacial score (nSPS) is 22.5. The van der Waals surface area contributed by atoms with Gasteiger partial charge in [-0.3, -0.25) is 4.98 Å². The number of likely N-dealkylation sites (tertiary alicyclic amines) is 1. The highest BCUT2D eigenvalue weighted by atomic mass is 35.5. The predicted octanol–water partition coefficient (Wildman–Crippen LogP) is 4.96. The van der Waals surface area contributed by atoms with Crippen LogP contribution in [0.25, 0.3) is 5.57 Å². The Morgan fingerprint density at radius 3 is 2.67 bits per heavy atom. The average Bonchev–Trinajstić information content (AvgIpc) is 3.07. The predicted molar refractivity (Wildman–Crippen MR) is 154 cm³/mol. The summed E-state index contributed by atoms with van der Waals surface area (Å²) in [6, 6.07) is 17.5. The first-order valence-electron chi connectivity index (χ1n) is 13.6. The molecule has 1 aromatic heterocycles. The fraction of sp³-hybridized carbons (Fsp3) is 0.406. The van der Waals surface area contributed by atoms with Gasteiger partial charge in [0.25, 0.3) is 0 Å². The van der Waals surface area contributed by atoms with Crippen LogP contribution in [0.15, 0.2) is 66.9 Å². The summed E-state index contributed by atoms with van der Waals surface area (Å²) in [4.78, 5) is 7.00. The second kappa shape index (κ2) is 11.4. The van der Waals surface area contributed by atoms with Gasteiger partial charge in [-0.15, -0.1) is 0 Å². The highest BCUT2D eigenvalue weighted by molar-refractivity contribution is 6.30. The maximum absolute atomic E-state index is 11.7. The number of ether oxygens (including phenoxy) is 1. The lowest BCUT2D eigenvalue weighted by Gasteiger charge is -2.50. The number of aliphatic hydroxyl groups excluding tert-OH is 2. The Morgan fingerprint density at radius 1 is 1.13 bits per heavy atom. The van der Waals surface area contributed by atoms with E-state index < -0.39 is 11.7 Å². The van der Waals surface area contributed by atoms with Crippen LogP contribution in [0.4, 0.5) is 0 Å². The van der Waals surface area contributed by atoms with Gasteiger partial charge in [-0.2, -0.15) is 0 Å². The van der Waals surface area contributed by atoms with Crippen molar-refractivity contribution in [2.45, 2.75) is 51.4 Å². The van der Waals surface area contributed by atoms with Crippen molar-refractivity contribution < 1.29 is 20.1 Å². The lowest BCUT2D eigenvalue weighted by Crippen LogP contribution is -2.55. The minimum Gasteiger partial charge on any atom is -0.487 e. The molecule has 2 aliphatic heterocycles. The Balaban J connectivity index is 1.37. The summed E-state index contributed by atoms with van der Waals surface area (Å²) in [5.74, 6) is 0.786. The van der Waals surface area contributed by atoms with E-state index in [1.807, 2.05) is 42.5 Å². The summed E-state index contributed by atoms with van der Waals surface area (Å²) in [7, 11) is 0. The van der Waals surface area contributed by atoms with E-state index in [1.54, 1.807) is 6.20 Å². The van der Waals surface area contributed by atoms with Crippen LogP contribution >= 0.6 is 11.6 Å². The fourth-order valence-corrected chi connectivity index (χ4v) is 6.08. The molecular formula is C32H37ClN2O4. The van der Waals surface area contributed by atoms with E-state index in [0.717, 1.165) is 65.3 Å². The van der Waals surface area contributed by atoms with Crippen LogP contribution in [0.3, 0.4) is 0 Å². The number of hydrogen-bond donors (Lipinski definition) is 3. The Kier molecular flexibility index (Phi) is 8.13. The molecule has 3 heterocycles. The third kappa shape index (κ3) is 5.76. The molecule has 0 amide bonds. The Bertz CT molecular complexity index is 1340. The number of piperidine rings is 1. The number of pyridine rings is 1. The first-order chi connectivity index (χ1) is 18.7. The zero-order chi connectivity index (χ0) is 27.6. The summed E-state index contributed by atoms with van der Waals surface area (Å²) in [5.41, 5.74) is 4.59. The van der Waals surface area contributed by atoms with E-state index in [-0.39, 0.29) is 12.0 Å². The molecule has 39 heavy (non-hydrogen) atoms. The monoisotopic (exact) mass is 548 g/mol. The number of benzene rings is 2. The van der Waals surface area contributed by atoms with Gasteiger partial charge in [0.15, 0.2) is 0 Å². The molecule has 0 aliphatic carbocycles. The van der Waals surface area contributed by atoms with Gasteiger partial charge in [0, 0.05) is 53.8 Å². The van der Waals surface area contributed by atoms with Crippen LogP contribution in [-0.2, 0) is 18.6 Å². The number of aliphatic hydroxyl groups is 3. The summed E-state index contributed by atoms with van der Waals surface area (Å²) in [6.45, 7) is 6.82. The molecule has 6 nitrogen and oxygen atoms in total. The topological polar surface area (TPSA) is 86.1 Å². The van der Waals surface area contributed by atoms with E-state index >= 15 is 0 Å². The summed E-state index contributed by atoms with van der Waals surface area (Å²) < 4.78 is 6.13. The van der Waals surface area contributed by atoms with Gasteiger partial charge >= 0.3 is 0 Å². The third-order valence-corrected chi connectivity index (χ3v) is 8.46. The number of nitrogens with zero attached hydrogens (tertiary/aromatic N) is 2.